The molecule has 1 aromatic heterocycles. The molecule has 1 aromatic rings. The number of nitrogens with two attached hydrogens (primary N) is 1. The maximum atomic E-state index is 11.8. The van der Waals surface area contributed by atoms with Crippen LogP contribution >= 0.6 is 15.9 Å². The van der Waals surface area contributed by atoms with Crippen LogP contribution in [-0.4, -0.2) is 22.7 Å². The Balaban J connectivity index is 2.02. The molecule has 1 amide bonds. The lowest BCUT2D eigenvalue weighted by molar-refractivity contribution is -0.132. The van der Waals surface area contributed by atoms with Crippen LogP contribution in [0.4, 0.5) is 0 Å². The first-order valence-corrected chi connectivity index (χ1v) is 6.42. The van der Waals surface area contributed by atoms with Gasteiger partial charge in [-0.2, -0.15) is 0 Å². The third-order valence-electron chi connectivity index (χ3n) is 2.92. The number of nitrogens with zero attached hydrogens (tertiary/aromatic N) is 1. The predicted molar refractivity (Wildman–Crippen MR) is 68.6 cm³/mol. The molecule has 0 bridgehead atoms. The van der Waals surface area contributed by atoms with Gasteiger partial charge in [-0.25, -0.2) is 5.84 Å². The summed E-state index contributed by atoms with van der Waals surface area (Å²) in [7, 11) is 0. The molecule has 0 radical (unpaired) electrons. The predicted octanol–water partition coefficient (Wildman–Crippen LogP) is 0.148. The van der Waals surface area contributed by atoms with Crippen LogP contribution in [0, 0.1) is 0 Å². The van der Waals surface area contributed by atoms with Gasteiger partial charge in [0, 0.05) is 6.20 Å². The molecule has 18 heavy (non-hydrogen) atoms. The summed E-state index contributed by atoms with van der Waals surface area (Å²) in [5.74, 6) is 4.73. The number of carbonyl (C=O) groups is 1. The fourth-order valence-corrected chi connectivity index (χ4v) is 2.38. The molecule has 0 spiro atoms. The number of halogens is 1. The van der Waals surface area contributed by atoms with Crippen LogP contribution in [0.1, 0.15) is 12.8 Å². The van der Waals surface area contributed by atoms with E-state index in [-0.39, 0.29) is 17.6 Å². The van der Waals surface area contributed by atoms with E-state index in [1.54, 1.807) is 22.9 Å². The largest absolute Gasteiger partial charge is 0.363 e. The molecular weight excluding hydrogens is 302 g/mol. The van der Waals surface area contributed by atoms with E-state index in [1.165, 1.54) is 0 Å². The maximum Gasteiger partial charge on any atom is 0.264 e. The topological polar surface area (TPSA) is 86.4 Å². The van der Waals surface area contributed by atoms with Gasteiger partial charge in [-0.1, -0.05) is 0 Å². The Hall–Kier alpha value is -1.18. The highest BCUT2D eigenvalue weighted by atomic mass is 79.9. The van der Waals surface area contributed by atoms with Gasteiger partial charge in [0.25, 0.3) is 11.5 Å². The normalized spacial score (nSPS) is 23.0. The Morgan fingerprint density at radius 3 is 3.11 bits per heavy atom. The van der Waals surface area contributed by atoms with Crippen molar-refractivity contribution < 1.29 is 9.53 Å². The monoisotopic (exact) mass is 315 g/mol. The third-order valence-corrected chi connectivity index (χ3v) is 3.52. The van der Waals surface area contributed by atoms with Crippen molar-refractivity contribution in [2.24, 2.45) is 5.84 Å². The number of hydrazine groups is 1. The van der Waals surface area contributed by atoms with E-state index in [0.717, 1.165) is 6.42 Å². The molecule has 6 nitrogen and oxygen atoms in total. The maximum absolute atomic E-state index is 11.8. The lowest BCUT2D eigenvalue weighted by Gasteiger charge is -2.14. The number of rotatable bonds is 3. The van der Waals surface area contributed by atoms with Crippen LogP contribution < -0.4 is 16.8 Å². The smallest absolute Gasteiger partial charge is 0.264 e. The Morgan fingerprint density at radius 2 is 2.39 bits per heavy atom. The SMILES string of the molecule is NNC(=O)C1CCC(Cn2cccc(Br)c2=O)O1. The van der Waals surface area contributed by atoms with Gasteiger partial charge in [0.05, 0.1) is 17.1 Å². The first-order chi connectivity index (χ1) is 8.61. The minimum absolute atomic E-state index is 0.104. The zero-order valence-corrected chi connectivity index (χ0v) is 11.2. The van der Waals surface area contributed by atoms with Gasteiger partial charge in [0.15, 0.2) is 0 Å². The number of nitrogens with one attached hydrogen (secondary N) is 1. The fraction of sp³-hybridized carbons (Fsp3) is 0.455. The average molecular weight is 316 g/mol. The van der Waals surface area contributed by atoms with Gasteiger partial charge < -0.3 is 9.30 Å². The first-order valence-electron chi connectivity index (χ1n) is 5.62. The van der Waals surface area contributed by atoms with Gasteiger partial charge in [-0.15, -0.1) is 0 Å². The molecular formula is C11H14BrN3O3. The summed E-state index contributed by atoms with van der Waals surface area (Å²) >= 11 is 3.19. The van der Waals surface area contributed by atoms with Gasteiger partial charge in [-0.05, 0) is 40.9 Å². The zero-order chi connectivity index (χ0) is 13.1. The second-order valence-electron chi connectivity index (χ2n) is 4.15. The fourth-order valence-electron chi connectivity index (χ4n) is 2.00. The van der Waals surface area contributed by atoms with E-state index in [2.05, 4.69) is 21.4 Å². The van der Waals surface area contributed by atoms with Crippen molar-refractivity contribution in [2.75, 3.05) is 0 Å². The van der Waals surface area contributed by atoms with Gasteiger partial charge in [0.2, 0.25) is 0 Å². The number of aromatic nitrogens is 1. The average Bonchev–Trinajstić information content (AvgIpc) is 2.82. The van der Waals surface area contributed by atoms with Crippen LogP contribution in [-0.2, 0) is 16.1 Å². The van der Waals surface area contributed by atoms with E-state index < -0.39 is 6.10 Å². The van der Waals surface area contributed by atoms with Crippen molar-refractivity contribution in [3.8, 4) is 0 Å². The summed E-state index contributed by atoms with van der Waals surface area (Å²) in [6, 6.07) is 3.48. The van der Waals surface area contributed by atoms with E-state index in [4.69, 9.17) is 10.6 Å². The Bertz CT molecular complexity index is 503. The molecule has 3 N–H and O–H groups in total. The highest BCUT2D eigenvalue weighted by Gasteiger charge is 2.30. The van der Waals surface area contributed by atoms with Crippen LogP contribution in [0.15, 0.2) is 27.6 Å². The van der Waals surface area contributed by atoms with Crippen LogP contribution in [0.3, 0.4) is 0 Å². The minimum Gasteiger partial charge on any atom is -0.363 e. The quantitative estimate of drug-likeness (QED) is 0.472. The number of carbonyl (C=O) groups excluding carboxylic acids is 1. The second kappa shape index (κ2) is 5.64. The van der Waals surface area contributed by atoms with Crippen LogP contribution in [0.2, 0.25) is 0 Å². The van der Waals surface area contributed by atoms with Crippen molar-refractivity contribution >= 4 is 21.8 Å². The summed E-state index contributed by atoms with van der Waals surface area (Å²) in [4.78, 5) is 23.1. The van der Waals surface area contributed by atoms with Crippen molar-refractivity contribution in [1.29, 1.82) is 0 Å². The van der Waals surface area contributed by atoms with E-state index in [9.17, 15) is 9.59 Å². The molecule has 0 saturated carbocycles. The van der Waals surface area contributed by atoms with Gasteiger partial charge in [0.1, 0.15) is 6.10 Å². The number of hydrogen-bond acceptors (Lipinski definition) is 4. The standard InChI is InChI=1S/C11H14BrN3O3/c12-8-2-1-5-15(11(8)17)6-7-3-4-9(18-7)10(16)14-13/h1-2,5,7,9H,3-4,6,13H2,(H,14,16). The number of hydrogen-bond donors (Lipinski definition) is 2. The van der Waals surface area contributed by atoms with Gasteiger partial charge >= 0.3 is 0 Å². The Labute approximate surface area is 112 Å². The molecule has 1 saturated heterocycles. The van der Waals surface area contributed by atoms with Crippen molar-refractivity contribution in [3.63, 3.8) is 0 Å². The van der Waals surface area contributed by atoms with Gasteiger partial charge in [-0.3, -0.25) is 15.0 Å². The lowest BCUT2D eigenvalue weighted by Crippen LogP contribution is -2.39. The Morgan fingerprint density at radius 1 is 1.61 bits per heavy atom. The zero-order valence-electron chi connectivity index (χ0n) is 9.64. The number of ether oxygens (including phenoxy) is 1. The van der Waals surface area contributed by atoms with E-state index in [1.807, 2.05) is 0 Å². The summed E-state index contributed by atoms with van der Waals surface area (Å²) in [6.07, 6.45) is 2.41. The molecule has 2 rings (SSSR count). The molecule has 98 valence electrons. The van der Waals surface area contributed by atoms with Crippen molar-refractivity contribution in [3.05, 3.63) is 33.2 Å². The summed E-state index contributed by atoms with van der Waals surface area (Å²) in [5, 5.41) is 0. The van der Waals surface area contributed by atoms with Crippen molar-refractivity contribution in [1.82, 2.24) is 9.99 Å². The summed E-state index contributed by atoms with van der Waals surface area (Å²) < 4.78 is 7.63. The molecule has 1 aliphatic heterocycles. The van der Waals surface area contributed by atoms with E-state index in [0.29, 0.717) is 17.4 Å². The molecule has 1 fully saturated rings. The molecule has 2 unspecified atom stereocenters. The lowest BCUT2D eigenvalue weighted by atomic mass is 10.2. The van der Waals surface area contributed by atoms with E-state index >= 15 is 0 Å². The molecule has 2 atom stereocenters. The van der Waals surface area contributed by atoms with Crippen LogP contribution in [0.25, 0.3) is 0 Å². The summed E-state index contributed by atoms with van der Waals surface area (Å²) in [5.41, 5.74) is 1.97. The minimum atomic E-state index is -0.511. The highest BCUT2D eigenvalue weighted by Crippen LogP contribution is 2.20. The van der Waals surface area contributed by atoms with Crippen LogP contribution in [0.5, 0.6) is 0 Å². The molecule has 1 aliphatic rings. The van der Waals surface area contributed by atoms with Crippen molar-refractivity contribution in [2.45, 2.75) is 31.6 Å². The first kappa shape index (κ1) is 13.3. The highest BCUT2D eigenvalue weighted by molar-refractivity contribution is 9.10. The molecule has 0 aliphatic carbocycles. The number of amides is 1. The molecule has 2 heterocycles. The molecule has 7 heteroatoms. The molecule has 0 aromatic carbocycles. The second-order valence-corrected chi connectivity index (χ2v) is 5.00. The Kier molecular flexibility index (Phi) is 4.15. The third kappa shape index (κ3) is 2.80. The number of pyridine rings is 1. The summed E-state index contributed by atoms with van der Waals surface area (Å²) in [6.45, 7) is 0.437.